The molecular formula is C22H24N4O2S. The molecule has 0 unspecified atom stereocenters. The molecule has 2 aromatic carbocycles. The van der Waals surface area contributed by atoms with E-state index in [4.69, 9.17) is 0 Å². The van der Waals surface area contributed by atoms with E-state index in [1.807, 2.05) is 48.5 Å². The van der Waals surface area contributed by atoms with Gasteiger partial charge in [0.1, 0.15) is 5.01 Å². The summed E-state index contributed by atoms with van der Waals surface area (Å²) < 4.78 is 0. The summed E-state index contributed by atoms with van der Waals surface area (Å²) in [5, 5.41) is 14.9. The lowest BCUT2D eigenvalue weighted by molar-refractivity contribution is -0.121. The molecule has 0 spiro atoms. The van der Waals surface area contributed by atoms with E-state index in [0.717, 1.165) is 10.7 Å². The van der Waals surface area contributed by atoms with Crippen molar-refractivity contribution in [3.05, 3.63) is 76.2 Å². The predicted octanol–water partition coefficient (Wildman–Crippen LogP) is 4.03. The maximum absolute atomic E-state index is 12.2. The maximum atomic E-state index is 12.2. The highest BCUT2D eigenvalue weighted by Crippen LogP contribution is 2.16. The van der Waals surface area contributed by atoms with Crippen molar-refractivity contribution >= 4 is 28.8 Å². The van der Waals surface area contributed by atoms with Gasteiger partial charge in [0, 0.05) is 25.1 Å². The summed E-state index contributed by atoms with van der Waals surface area (Å²) in [6, 6.07) is 19.4. The van der Waals surface area contributed by atoms with Crippen molar-refractivity contribution in [3.8, 4) is 0 Å². The molecule has 3 rings (SSSR count). The van der Waals surface area contributed by atoms with Crippen LogP contribution in [0.4, 0.5) is 5.69 Å². The average Bonchev–Trinajstić information content (AvgIpc) is 3.22. The van der Waals surface area contributed by atoms with E-state index < -0.39 is 0 Å². The molecule has 0 saturated carbocycles. The number of hydrogen-bond donors (Lipinski definition) is 2. The minimum atomic E-state index is -0.271. The van der Waals surface area contributed by atoms with Crippen LogP contribution in [0.25, 0.3) is 0 Å². The number of aryl methyl sites for hydroxylation is 1. The number of nitrogens with one attached hydrogen (secondary N) is 2. The molecule has 29 heavy (non-hydrogen) atoms. The molecule has 6 nitrogen and oxygen atoms in total. The van der Waals surface area contributed by atoms with Gasteiger partial charge in [-0.25, -0.2) is 0 Å². The van der Waals surface area contributed by atoms with Gasteiger partial charge in [-0.2, -0.15) is 0 Å². The molecule has 0 aliphatic carbocycles. The fraction of sp³-hybridized carbons (Fsp3) is 0.273. The molecule has 1 aromatic heterocycles. The van der Waals surface area contributed by atoms with E-state index in [0.29, 0.717) is 30.8 Å². The molecule has 0 radical (unpaired) electrons. The van der Waals surface area contributed by atoms with Crippen LogP contribution in [0, 0.1) is 0 Å². The van der Waals surface area contributed by atoms with Crippen LogP contribution < -0.4 is 10.6 Å². The SMILES string of the molecule is C[C@@H](CNC(=O)CCCc1nnc(C(=O)Nc2ccccc2)s1)c1ccccc1. The Kier molecular flexibility index (Phi) is 7.47. The van der Waals surface area contributed by atoms with Crippen LogP contribution in [0.2, 0.25) is 0 Å². The zero-order valence-electron chi connectivity index (χ0n) is 16.3. The van der Waals surface area contributed by atoms with Crippen molar-refractivity contribution in [1.29, 1.82) is 0 Å². The van der Waals surface area contributed by atoms with Crippen LogP contribution in [0.3, 0.4) is 0 Å². The molecule has 7 heteroatoms. The number of anilines is 1. The normalized spacial score (nSPS) is 11.6. The lowest BCUT2D eigenvalue weighted by Crippen LogP contribution is -2.27. The van der Waals surface area contributed by atoms with Crippen LogP contribution >= 0.6 is 11.3 Å². The van der Waals surface area contributed by atoms with Crippen molar-refractivity contribution in [2.45, 2.75) is 32.1 Å². The highest BCUT2D eigenvalue weighted by atomic mass is 32.1. The predicted molar refractivity (Wildman–Crippen MR) is 115 cm³/mol. The highest BCUT2D eigenvalue weighted by Gasteiger charge is 2.13. The molecule has 0 aliphatic heterocycles. The molecule has 150 valence electrons. The molecule has 3 aromatic rings. The highest BCUT2D eigenvalue weighted by molar-refractivity contribution is 7.13. The maximum Gasteiger partial charge on any atom is 0.286 e. The second-order valence-electron chi connectivity index (χ2n) is 6.79. The third-order valence-electron chi connectivity index (χ3n) is 4.46. The largest absolute Gasteiger partial charge is 0.356 e. The topological polar surface area (TPSA) is 84.0 Å². The Hall–Kier alpha value is -3.06. The molecule has 0 saturated heterocycles. The number of aromatic nitrogens is 2. The van der Waals surface area contributed by atoms with Crippen LogP contribution in [-0.4, -0.2) is 28.6 Å². The second-order valence-corrected chi connectivity index (χ2v) is 7.85. The summed E-state index contributed by atoms with van der Waals surface area (Å²) in [5.41, 5.74) is 1.93. The van der Waals surface area contributed by atoms with Crippen LogP contribution in [0.1, 0.15) is 46.1 Å². The second kappa shape index (κ2) is 10.5. The first-order valence-electron chi connectivity index (χ1n) is 9.62. The molecule has 1 atom stereocenters. The van der Waals surface area contributed by atoms with Gasteiger partial charge in [0.25, 0.3) is 5.91 Å². The van der Waals surface area contributed by atoms with Crippen LogP contribution in [0.5, 0.6) is 0 Å². The van der Waals surface area contributed by atoms with Crippen molar-refractivity contribution in [1.82, 2.24) is 15.5 Å². The zero-order valence-corrected chi connectivity index (χ0v) is 17.1. The van der Waals surface area contributed by atoms with Gasteiger partial charge in [0.15, 0.2) is 0 Å². The lowest BCUT2D eigenvalue weighted by atomic mass is 10.0. The first-order chi connectivity index (χ1) is 14.1. The van der Waals surface area contributed by atoms with Gasteiger partial charge in [0.05, 0.1) is 0 Å². The molecule has 2 N–H and O–H groups in total. The Morgan fingerprint density at radius 3 is 2.41 bits per heavy atom. The molecule has 0 fully saturated rings. The van der Waals surface area contributed by atoms with E-state index in [-0.39, 0.29) is 17.7 Å². The third-order valence-corrected chi connectivity index (χ3v) is 5.44. The van der Waals surface area contributed by atoms with Gasteiger partial charge in [0.2, 0.25) is 10.9 Å². The Morgan fingerprint density at radius 2 is 1.69 bits per heavy atom. The van der Waals surface area contributed by atoms with Gasteiger partial charge in [-0.15, -0.1) is 10.2 Å². The minimum Gasteiger partial charge on any atom is -0.356 e. The Bertz CT molecular complexity index is 928. The Labute approximate surface area is 174 Å². The van der Waals surface area contributed by atoms with Crippen molar-refractivity contribution in [2.24, 2.45) is 0 Å². The first-order valence-corrected chi connectivity index (χ1v) is 10.4. The first kappa shape index (κ1) is 20.7. The number of nitrogens with zero attached hydrogens (tertiary/aromatic N) is 2. The van der Waals surface area contributed by atoms with Crippen LogP contribution in [-0.2, 0) is 11.2 Å². The van der Waals surface area contributed by atoms with Crippen molar-refractivity contribution in [3.63, 3.8) is 0 Å². The summed E-state index contributed by atoms with van der Waals surface area (Å²) in [5.74, 6) is 0.0286. The number of hydrogen-bond acceptors (Lipinski definition) is 5. The fourth-order valence-corrected chi connectivity index (χ4v) is 3.58. The Morgan fingerprint density at radius 1 is 1.00 bits per heavy atom. The van der Waals surface area contributed by atoms with Crippen molar-refractivity contribution in [2.75, 3.05) is 11.9 Å². The fourth-order valence-electron chi connectivity index (χ4n) is 2.81. The van der Waals surface area contributed by atoms with Gasteiger partial charge in [-0.3, -0.25) is 9.59 Å². The lowest BCUT2D eigenvalue weighted by Gasteiger charge is -2.12. The molecule has 0 aliphatic rings. The van der Waals surface area contributed by atoms with E-state index >= 15 is 0 Å². The van der Waals surface area contributed by atoms with Gasteiger partial charge in [-0.1, -0.05) is 66.8 Å². The number of para-hydroxylation sites is 1. The number of carbonyl (C=O) groups excluding carboxylic acids is 2. The zero-order chi connectivity index (χ0) is 20.5. The van der Waals surface area contributed by atoms with E-state index in [9.17, 15) is 9.59 Å². The van der Waals surface area contributed by atoms with E-state index in [1.165, 1.54) is 16.9 Å². The summed E-state index contributed by atoms with van der Waals surface area (Å²) in [7, 11) is 0. The number of carbonyl (C=O) groups is 2. The standard InChI is InChI=1S/C22H24N4O2S/c1-16(17-9-4-2-5-10-17)15-23-19(27)13-8-14-20-25-26-22(29-20)21(28)24-18-11-6-3-7-12-18/h2-7,9-12,16H,8,13-15H2,1H3,(H,23,27)(H,24,28)/t16-/m0/s1. The molecular weight excluding hydrogens is 384 g/mol. The van der Waals surface area contributed by atoms with Gasteiger partial charge >= 0.3 is 0 Å². The summed E-state index contributed by atoms with van der Waals surface area (Å²) in [6.45, 7) is 2.71. The molecule has 0 bridgehead atoms. The van der Waals surface area contributed by atoms with Crippen molar-refractivity contribution < 1.29 is 9.59 Å². The monoisotopic (exact) mass is 408 g/mol. The van der Waals surface area contributed by atoms with Gasteiger partial charge < -0.3 is 10.6 Å². The van der Waals surface area contributed by atoms with Gasteiger partial charge in [-0.05, 0) is 30.0 Å². The Balaban J connectivity index is 1.38. The minimum absolute atomic E-state index is 0.0272. The smallest absolute Gasteiger partial charge is 0.286 e. The molecule has 2 amide bonds. The molecule has 1 heterocycles. The average molecular weight is 409 g/mol. The summed E-state index contributed by atoms with van der Waals surface area (Å²) in [4.78, 5) is 24.3. The quantitative estimate of drug-likeness (QED) is 0.560. The van der Waals surface area contributed by atoms with E-state index in [2.05, 4.69) is 39.9 Å². The summed E-state index contributed by atoms with van der Waals surface area (Å²) in [6.07, 6.45) is 1.71. The summed E-state index contributed by atoms with van der Waals surface area (Å²) >= 11 is 1.26. The van der Waals surface area contributed by atoms with Crippen LogP contribution in [0.15, 0.2) is 60.7 Å². The number of rotatable bonds is 9. The third kappa shape index (κ3) is 6.50. The number of benzene rings is 2. The van der Waals surface area contributed by atoms with E-state index in [1.54, 1.807) is 0 Å². The number of amides is 2.